The Morgan fingerprint density at radius 1 is 1.21 bits per heavy atom. The molecule has 0 radical (unpaired) electrons. The van der Waals surface area contributed by atoms with Crippen LogP contribution in [0.4, 0.5) is 0 Å². The van der Waals surface area contributed by atoms with Crippen molar-refractivity contribution in [3.05, 3.63) is 59.7 Å². The Morgan fingerprint density at radius 2 is 1.95 bits per heavy atom. The van der Waals surface area contributed by atoms with Gasteiger partial charge in [0.2, 0.25) is 5.91 Å². The van der Waals surface area contributed by atoms with Crippen molar-refractivity contribution in [2.75, 3.05) is 6.54 Å². The smallest absolute Gasteiger partial charge is 0.224 e. The van der Waals surface area contributed by atoms with Gasteiger partial charge in [-0.25, -0.2) is 9.97 Å². The molecule has 0 saturated heterocycles. The molecule has 19 heavy (non-hydrogen) atoms. The van der Waals surface area contributed by atoms with Crippen LogP contribution >= 0.6 is 0 Å². The van der Waals surface area contributed by atoms with Crippen molar-refractivity contribution in [1.82, 2.24) is 15.3 Å². The molecule has 0 atom stereocenters. The summed E-state index contributed by atoms with van der Waals surface area (Å²) in [6, 6.07) is 8.21. The topological polar surface area (TPSA) is 54.9 Å². The van der Waals surface area contributed by atoms with E-state index in [1.807, 2.05) is 12.1 Å². The molecule has 0 aliphatic rings. The van der Waals surface area contributed by atoms with Gasteiger partial charge in [-0.05, 0) is 30.0 Å². The normalized spacial score (nSPS) is 10.2. The molecule has 4 heteroatoms. The maximum Gasteiger partial charge on any atom is 0.224 e. The second kappa shape index (κ2) is 6.64. The van der Waals surface area contributed by atoms with Crippen molar-refractivity contribution in [1.29, 1.82) is 0 Å². The Morgan fingerprint density at radius 3 is 2.68 bits per heavy atom. The predicted molar refractivity (Wildman–Crippen MR) is 73.6 cm³/mol. The zero-order valence-corrected chi connectivity index (χ0v) is 11.0. The average Bonchev–Trinajstić information content (AvgIpc) is 2.42. The highest BCUT2D eigenvalue weighted by molar-refractivity contribution is 5.78. The number of carbonyl (C=O) groups is 1. The van der Waals surface area contributed by atoms with E-state index in [0.29, 0.717) is 13.0 Å². The number of nitrogens with one attached hydrogen (secondary N) is 1. The monoisotopic (exact) mass is 255 g/mol. The third kappa shape index (κ3) is 4.17. The molecule has 4 nitrogen and oxygen atoms in total. The van der Waals surface area contributed by atoms with Gasteiger partial charge in [0.15, 0.2) is 0 Å². The third-order valence-electron chi connectivity index (χ3n) is 2.96. The molecule has 98 valence electrons. The molecule has 0 unspecified atom stereocenters. The molecule has 0 fully saturated rings. The van der Waals surface area contributed by atoms with Gasteiger partial charge in [-0.3, -0.25) is 4.79 Å². The molecular formula is C15H17N3O. The Balaban J connectivity index is 1.77. The van der Waals surface area contributed by atoms with Crippen LogP contribution in [0.2, 0.25) is 0 Å². The molecule has 0 bridgehead atoms. The van der Waals surface area contributed by atoms with Gasteiger partial charge in [-0.2, -0.15) is 0 Å². The highest BCUT2D eigenvalue weighted by Gasteiger charge is 2.03. The van der Waals surface area contributed by atoms with E-state index in [9.17, 15) is 4.79 Å². The van der Waals surface area contributed by atoms with E-state index in [1.165, 1.54) is 17.5 Å². The van der Waals surface area contributed by atoms with Gasteiger partial charge in [0, 0.05) is 18.9 Å². The quantitative estimate of drug-likeness (QED) is 0.884. The maximum atomic E-state index is 11.7. The Hall–Kier alpha value is -2.23. The van der Waals surface area contributed by atoms with E-state index in [2.05, 4.69) is 34.3 Å². The predicted octanol–water partition coefficient (Wildman–Crippen LogP) is 1.69. The van der Waals surface area contributed by atoms with Gasteiger partial charge in [0.05, 0.1) is 6.42 Å². The molecule has 1 aromatic carbocycles. The second-order valence-electron chi connectivity index (χ2n) is 4.45. The molecule has 0 spiro atoms. The summed E-state index contributed by atoms with van der Waals surface area (Å²) in [6.45, 7) is 2.73. The molecule has 0 saturated carbocycles. The lowest BCUT2D eigenvalue weighted by Gasteiger charge is -2.07. The van der Waals surface area contributed by atoms with Crippen molar-refractivity contribution in [3.63, 3.8) is 0 Å². The van der Waals surface area contributed by atoms with E-state index in [4.69, 9.17) is 0 Å². The zero-order chi connectivity index (χ0) is 13.5. The van der Waals surface area contributed by atoms with Crippen LogP contribution in [0.3, 0.4) is 0 Å². The van der Waals surface area contributed by atoms with E-state index < -0.39 is 0 Å². The van der Waals surface area contributed by atoms with Crippen LogP contribution in [0.15, 0.2) is 43.0 Å². The van der Waals surface area contributed by atoms with E-state index >= 15 is 0 Å². The van der Waals surface area contributed by atoms with Crippen LogP contribution in [0.1, 0.15) is 16.7 Å². The molecule has 1 aromatic heterocycles. The maximum absolute atomic E-state index is 11.7. The van der Waals surface area contributed by atoms with Crippen LogP contribution in [-0.2, 0) is 17.6 Å². The lowest BCUT2D eigenvalue weighted by atomic mass is 10.1. The molecule has 0 aliphatic carbocycles. The van der Waals surface area contributed by atoms with Crippen LogP contribution in [-0.4, -0.2) is 22.4 Å². The standard InChI is InChI=1S/C15H17N3O/c1-12-4-2-3-5-14(12)6-7-18-15(19)8-13-9-16-11-17-10-13/h2-5,9-11H,6-8H2,1H3,(H,18,19). The first-order valence-corrected chi connectivity index (χ1v) is 6.31. The Kier molecular flexibility index (Phi) is 4.61. The number of hydrogen-bond acceptors (Lipinski definition) is 3. The summed E-state index contributed by atoms with van der Waals surface area (Å²) in [5, 5.41) is 2.91. The lowest BCUT2D eigenvalue weighted by molar-refractivity contribution is -0.120. The van der Waals surface area contributed by atoms with Gasteiger partial charge in [0.1, 0.15) is 6.33 Å². The fourth-order valence-electron chi connectivity index (χ4n) is 1.90. The van der Waals surface area contributed by atoms with Crippen LogP contribution in [0.25, 0.3) is 0 Å². The van der Waals surface area contributed by atoms with Crippen molar-refractivity contribution in [2.45, 2.75) is 19.8 Å². The second-order valence-corrected chi connectivity index (χ2v) is 4.45. The van der Waals surface area contributed by atoms with Crippen molar-refractivity contribution < 1.29 is 4.79 Å². The van der Waals surface area contributed by atoms with E-state index in [-0.39, 0.29) is 5.91 Å². The van der Waals surface area contributed by atoms with Gasteiger partial charge in [-0.15, -0.1) is 0 Å². The van der Waals surface area contributed by atoms with Crippen LogP contribution in [0, 0.1) is 6.92 Å². The van der Waals surface area contributed by atoms with Gasteiger partial charge < -0.3 is 5.32 Å². The number of rotatable bonds is 5. The fourth-order valence-corrected chi connectivity index (χ4v) is 1.90. The summed E-state index contributed by atoms with van der Waals surface area (Å²) in [7, 11) is 0. The first-order valence-electron chi connectivity index (χ1n) is 6.31. The highest BCUT2D eigenvalue weighted by atomic mass is 16.1. The van der Waals surface area contributed by atoms with Crippen molar-refractivity contribution in [3.8, 4) is 0 Å². The molecule has 1 N–H and O–H groups in total. The number of aryl methyl sites for hydroxylation is 1. The fraction of sp³-hybridized carbons (Fsp3) is 0.267. The molecule has 2 rings (SSSR count). The summed E-state index contributed by atoms with van der Waals surface area (Å²) in [4.78, 5) is 19.5. The van der Waals surface area contributed by atoms with Crippen LogP contribution < -0.4 is 5.32 Å². The molecule has 1 amide bonds. The van der Waals surface area contributed by atoms with Crippen molar-refractivity contribution >= 4 is 5.91 Å². The van der Waals surface area contributed by atoms with Gasteiger partial charge >= 0.3 is 0 Å². The molecule has 1 heterocycles. The molecule has 0 aliphatic heterocycles. The lowest BCUT2D eigenvalue weighted by Crippen LogP contribution is -2.27. The first kappa shape index (κ1) is 13.2. The average molecular weight is 255 g/mol. The number of nitrogens with zero attached hydrogens (tertiary/aromatic N) is 2. The largest absolute Gasteiger partial charge is 0.355 e. The summed E-state index contributed by atoms with van der Waals surface area (Å²) in [6.07, 6.45) is 5.96. The minimum Gasteiger partial charge on any atom is -0.355 e. The minimum atomic E-state index is 0.00313. The van der Waals surface area contributed by atoms with E-state index in [1.54, 1.807) is 12.4 Å². The number of hydrogen-bond donors (Lipinski definition) is 1. The van der Waals surface area contributed by atoms with Crippen LogP contribution in [0.5, 0.6) is 0 Å². The highest BCUT2D eigenvalue weighted by Crippen LogP contribution is 2.06. The number of carbonyl (C=O) groups excluding carboxylic acids is 1. The van der Waals surface area contributed by atoms with Gasteiger partial charge in [0.25, 0.3) is 0 Å². The first-order chi connectivity index (χ1) is 9.25. The number of amides is 1. The minimum absolute atomic E-state index is 0.00313. The van der Waals surface area contributed by atoms with Crippen molar-refractivity contribution in [2.24, 2.45) is 0 Å². The SMILES string of the molecule is Cc1ccccc1CCNC(=O)Cc1cncnc1. The number of benzene rings is 1. The summed E-state index contributed by atoms with van der Waals surface area (Å²) in [5.41, 5.74) is 3.36. The number of aromatic nitrogens is 2. The summed E-state index contributed by atoms with van der Waals surface area (Å²) >= 11 is 0. The Labute approximate surface area is 112 Å². The van der Waals surface area contributed by atoms with Gasteiger partial charge in [-0.1, -0.05) is 24.3 Å². The third-order valence-corrected chi connectivity index (χ3v) is 2.96. The molecule has 2 aromatic rings. The molecular weight excluding hydrogens is 238 g/mol. The Bertz CT molecular complexity index is 540. The zero-order valence-electron chi connectivity index (χ0n) is 11.0. The summed E-state index contributed by atoms with van der Waals surface area (Å²) < 4.78 is 0. The van der Waals surface area contributed by atoms with E-state index in [0.717, 1.165) is 12.0 Å². The summed E-state index contributed by atoms with van der Waals surface area (Å²) in [5.74, 6) is 0.00313.